The summed E-state index contributed by atoms with van der Waals surface area (Å²) in [5, 5.41) is 2.98. The van der Waals surface area contributed by atoms with Crippen molar-refractivity contribution in [3.8, 4) is 0 Å². The maximum absolute atomic E-state index is 13.0. The van der Waals surface area contributed by atoms with E-state index in [1.165, 1.54) is 0 Å². The molecular formula is C19H22N6OS. The van der Waals surface area contributed by atoms with Crippen LogP contribution in [0.3, 0.4) is 0 Å². The van der Waals surface area contributed by atoms with Gasteiger partial charge in [0.2, 0.25) is 0 Å². The average Bonchev–Trinajstić information content (AvgIpc) is 3.12. The number of aromatic nitrogens is 1. The molecule has 1 aromatic heterocycles. The minimum Gasteiger partial charge on any atom is -0.397 e. The van der Waals surface area contributed by atoms with E-state index in [2.05, 4.69) is 27.1 Å². The van der Waals surface area contributed by atoms with Crippen molar-refractivity contribution in [2.45, 2.75) is 0 Å². The van der Waals surface area contributed by atoms with Crippen LogP contribution in [0.5, 0.6) is 0 Å². The van der Waals surface area contributed by atoms with Gasteiger partial charge in [0.25, 0.3) is 5.91 Å². The van der Waals surface area contributed by atoms with Gasteiger partial charge in [-0.3, -0.25) is 4.79 Å². The van der Waals surface area contributed by atoms with E-state index in [0.29, 0.717) is 16.9 Å². The molecule has 2 heterocycles. The number of rotatable bonds is 3. The lowest BCUT2D eigenvalue weighted by atomic mass is 10.1. The fourth-order valence-corrected chi connectivity index (χ4v) is 3.96. The van der Waals surface area contributed by atoms with Crippen LogP contribution < -0.4 is 21.7 Å². The molecule has 140 valence electrons. The Morgan fingerprint density at radius 2 is 1.85 bits per heavy atom. The Balaban J connectivity index is 1.64. The van der Waals surface area contributed by atoms with Crippen LogP contribution >= 0.6 is 11.3 Å². The lowest BCUT2D eigenvalue weighted by Gasteiger charge is -2.35. The predicted octanol–water partition coefficient (Wildman–Crippen LogP) is 2.46. The lowest BCUT2D eigenvalue weighted by molar-refractivity contribution is 0.102. The van der Waals surface area contributed by atoms with Crippen LogP contribution in [0.2, 0.25) is 0 Å². The van der Waals surface area contributed by atoms with Crippen molar-refractivity contribution in [1.82, 2.24) is 9.88 Å². The summed E-state index contributed by atoms with van der Waals surface area (Å²) in [6, 6.07) is 9.17. The van der Waals surface area contributed by atoms with Gasteiger partial charge in [0.15, 0.2) is 0 Å². The van der Waals surface area contributed by atoms with E-state index in [0.717, 1.165) is 47.8 Å². The Morgan fingerprint density at radius 1 is 1.11 bits per heavy atom. The van der Waals surface area contributed by atoms with Gasteiger partial charge in [-0.15, -0.1) is 11.3 Å². The summed E-state index contributed by atoms with van der Waals surface area (Å²) in [5.41, 5.74) is 17.7. The molecule has 0 bridgehead atoms. The third-order valence-corrected chi connectivity index (χ3v) is 5.67. The largest absolute Gasteiger partial charge is 0.397 e. The standard InChI is InChI=1S/C19H22N6OS/c1-24-4-6-25(7-5-24)17-10-15(21)14(20)9-13(17)19(26)23-12-2-3-16-18(8-12)27-11-22-16/h2-3,8-11H,4-7,20-21H2,1H3,(H,23,26). The number of carbonyl (C=O) groups is 1. The van der Waals surface area contributed by atoms with Gasteiger partial charge < -0.3 is 26.6 Å². The summed E-state index contributed by atoms with van der Waals surface area (Å²) < 4.78 is 1.03. The fraction of sp³-hybridized carbons (Fsp3) is 0.263. The van der Waals surface area contributed by atoms with Crippen LogP contribution in [-0.4, -0.2) is 49.0 Å². The topological polar surface area (TPSA) is 101 Å². The Morgan fingerprint density at radius 3 is 2.63 bits per heavy atom. The van der Waals surface area contributed by atoms with E-state index in [-0.39, 0.29) is 5.91 Å². The van der Waals surface area contributed by atoms with Gasteiger partial charge in [0, 0.05) is 31.9 Å². The first kappa shape index (κ1) is 17.6. The zero-order valence-electron chi connectivity index (χ0n) is 15.1. The average molecular weight is 382 g/mol. The van der Waals surface area contributed by atoms with E-state index in [9.17, 15) is 4.79 Å². The molecule has 1 amide bonds. The number of anilines is 4. The van der Waals surface area contributed by atoms with Crippen LogP contribution in [0.25, 0.3) is 10.2 Å². The highest BCUT2D eigenvalue weighted by atomic mass is 32.1. The monoisotopic (exact) mass is 382 g/mol. The molecule has 0 spiro atoms. The second kappa shape index (κ2) is 7.05. The number of fused-ring (bicyclic) bond motifs is 1. The van der Waals surface area contributed by atoms with E-state index in [1.54, 1.807) is 22.9 Å². The molecule has 3 aromatic rings. The second-order valence-corrected chi connectivity index (χ2v) is 7.66. The molecule has 27 heavy (non-hydrogen) atoms. The van der Waals surface area contributed by atoms with Crippen LogP contribution in [0, 0.1) is 0 Å². The molecule has 1 aliphatic heterocycles. The van der Waals surface area contributed by atoms with Crippen molar-refractivity contribution in [1.29, 1.82) is 0 Å². The zero-order chi connectivity index (χ0) is 19.0. The number of hydrogen-bond donors (Lipinski definition) is 3. The summed E-state index contributed by atoms with van der Waals surface area (Å²) in [7, 11) is 2.10. The number of likely N-dealkylation sites (N-methyl/N-ethyl adjacent to an activating group) is 1. The number of nitrogens with zero attached hydrogens (tertiary/aromatic N) is 3. The Hall–Kier alpha value is -2.84. The van der Waals surface area contributed by atoms with Crippen molar-refractivity contribution in [2.75, 3.05) is 54.9 Å². The number of amides is 1. The van der Waals surface area contributed by atoms with Crippen molar-refractivity contribution >= 4 is 50.2 Å². The number of benzene rings is 2. The molecule has 0 saturated carbocycles. The van der Waals surface area contributed by atoms with Gasteiger partial charge in [-0.2, -0.15) is 0 Å². The van der Waals surface area contributed by atoms with Gasteiger partial charge in [-0.1, -0.05) is 0 Å². The number of nitrogens with two attached hydrogens (primary N) is 2. The summed E-state index contributed by atoms with van der Waals surface area (Å²) in [4.78, 5) is 21.7. The first-order valence-corrected chi connectivity index (χ1v) is 9.66. The number of carbonyl (C=O) groups excluding carboxylic acids is 1. The molecule has 1 aliphatic rings. The third-order valence-electron chi connectivity index (χ3n) is 4.88. The summed E-state index contributed by atoms with van der Waals surface area (Å²) in [6.45, 7) is 3.56. The van der Waals surface area contributed by atoms with Crippen molar-refractivity contribution in [3.05, 3.63) is 41.4 Å². The van der Waals surface area contributed by atoms with Crippen LogP contribution in [-0.2, 0) is 0 Å². The molecule has 0 atom stereocenters. The minimum absolute atomic E-state index is 0.195. The Kier molecular flexibility index (Phi) is 4.59. The molecule has 1 saturated heterocycles. The highest BCUT2D eigenvalue weighted by molar-refractivity contribution is 7.16. The normalized spacial score (nSPS) is 15.2. The molecule has 5 N–H and O–H groups in total. The molecule has 2 aromatic carbocycles. The van der Waals surface area contributed by atoms with Crippen molar-refractivity contribution in [3.63, 3.8) is 0 Å². The highest BCUT2D eigenvalue weighted by Crippen LogP contribution is 2.30. The summed E-state index contributed by atoms with van der Waals surface area (Å²) >= 11 is 1.54. The first-order valence-electron chi connectivity index (χ1n) is 8.78. The van der Waals surface area contributed by atoms with Crippen LogP contribution in [0.1, 0.15) is 10.4 Å². The fourth-order valence-electron chi connectivity index (χ4n) is 3.24. The second-order valence-electron chi connectivity index (χ2n) is 6.78. The number of thiazole rings is 1. The van der Waals surface area contributed by atoms with Crippen molar-refractivity contribution in [2.24, 2.45) is 0 Å². The highest BCUT2D eigenvalue weighted by Gasteiger charge is 2.22. The van der Waals surface area contributed by atoms with Gasteiger partial charge in [-0.25, -0.2) is 4.98 Å². The maximum atomic E-state index is 13.0. The molecular weight excluding hydrogens is 360 g/mol. The maximum Gasteiger partial charge on any atom is 0.257 e. The van der Waals surface area contributed by atoms with E-state index < -0.39 is 0 Å². The summed E-state index contributed by atoms with van der Waals surface area (Å²) in [6.07, 6.45) is 0. The summed E-state index contributed by atoms with van der Waals surface area (Å²) in [5.74, 6) is -0.195. The number of nitrogens with one attached hydrogen (secondary N) is 1. The number of hydrogen-bond acceptors (Lipinski definition) is 7. The third kappa shape index (κ3) is 3.54. The smallest absolute Gasteiger partial charge is 0.257 e. The number of piperazine rings is 1. The van der Waals surface area contributed by atoms with Gasteiger partial charge in [-0.05, 0) is 37.4 Å². The zero-order valence-corrected chi connectivity index (χ0v) is 15.9. The van der Waals surface area contributed by atoms with Gasteiger partial charge in [0.1, 0.15) is 0 Å². The molecule has 0 aliphatic carbocycles. The number of nitrogen functional groups attached to an aromatic ring is 2. The van der Waals surface area contributed by atoms with E-state index in [4.69, 9.17) is 11.5 Å². The molecule has 0 unspecified atom stereocenters. The van der Waals surface area contributed by atoms with Gasteiger partial charge in [0.05, 0.1) is 38.4 Å². The Labute approximate surface area is 161 Å². The lowest BCUT2D eigenvalue weighted by Crippen LogP contribution is -2.45. The minimum atomic E-state index is -0.195. The van der Waals surface area contributed by atoms with Crippen LogP contribution in [0.15, 0.2) is 35.8 Å². The SMILES string of the molecule is CN1CCN(c2cc(N)c(N)cc2C(=O)Nc2ccc3ncsc3c2)CC1. The van der Waals surface area contributed by atoms with Crippen molar-refractivity contribution < 1.29 is 4.79 Å². The molecule has 0 radical (unpaired) electrons. The first-order chi connectivity index (χ1) is 13.0. The quantitative estimate of drug-likeness (QED) is 0.602. The Bertz CT molecular complexity index is 993. The molecule has 1 fully saturated rings. The molecule has 7 nitrogen and oxygen atoms in total. The van der Waals surface area contributed by atoms with Crippen LogP contribution in [0.4, 0.5) is 22.7 Å². The molecule has 4 rings (SSSR count). The molecule has 8 heteroatoms. The van der Waals surface area contributed by atoms with Gasteiger partial charge >= 0.3 is 0 Å². The van der Waals surface area contributed by atoms with E-state index >= 15 is 0 Å². The van der Waals surface area contributed by atoms with E-state index in [1.807, 2.05) is 24.3 Å². The predicted molar refractivity (Wildman–Crippen MR) is 113 cm³/mol.